The molecule has 1 heterocycles. The summed E-state index contributed by atoms with van der Waals surface area (Å²) in [7, 11) is 0. The van der Waals surface area contributed by atoms with Crippen LogP contribution in [0, 0.1) is 0 Å². The Balaban J connectivity index is 2.64. The highest BCUT2D eigenvalue weighted by Crippen LogP contribution is 2.23. The third kappa shape index (κ3) is 5.20. The number of aryl methyl sites for hydroxylation is 3. The molecule has 0 saturated heterocycles. The van der Waals surface area contributed by atoms with Gasteiger partial charge in [0.2, 0.25) is 0 Å². The van der Waals surface area contributed by atoms with Crippen LogP contribution in [0.15, 0.2) is 0 Å². The van der Waals surface area contributed by atoms with E-state index in [4.69, 9.17) is 4.98 Å². The zero-order valence-electron chi connectivity index (χ0n) is 11.7. The number of hydrogen-bond acceptors (Lipinski definition) is 2. The van der Waals surface area contributed by atoms with Crippen molar-refractivity contribution >= 4 is 11.3 Å². The maximum absolute atomic E-state index is 4.86. The smallest absolute Gasteiger partial charge is 0.0931 e. The second kappa shape index (κ2) is 8.68. The maximum Gasteiger partial charge on any atom is 0.0931 e. The minimum absolute atomic E-state index is 1.19. The molecule has 1 aromatic heterocycles. The topological polar surface area (TPSA) is 12.9 Å². The van der Waals surface area contributed by atoms with Crippen LogP contribution in [0.2, 0.25) is 0 Å². The van der Waals surface area contributed by atoms with Crippen LogP contribution in [0.4, 0.5) is 0 Å². The fourth-order valence-electron chi connectivity index (χ4n) is 1.94. The van der Waals surface area contributed by atoms with Crippen LogP contribution in [0.25, 0.3) is 0 Å². The monoisotopic (exact) mass is 253 g/mol. The molecule has 0 aliphatic rings. The van der Waals surface area contributed by atoms with Crippen LogP contribution in [0.5, 0.6) is 0 Å². The molecule has 1 rings (SSSR count). The zero-order chi connectivity index (χ0) is 12.5. The minimum Gasteiger partial charge on any atom is -0.246 e. The van der Waals surface area contributed by atoms with Crippen molar-refractivity contribution in [3.8, 4) is 0 Å². The Morgan fingerprint density at radius 3 is 2.06 bits per heavy atom. The minimum atomic E-state index is 1.19. The van der Waals surface area contributed by atoms with Gasteiger partial charge in [-0.05, 0) is 38.5 Å². The number of nitrogens with zero attached hydrogens (tertiary/aromatic N) is 1. The quantitative estimate of drug-likeness (QED) is 0.591. The molecule has 1 nitrogen and oxygen atoms in total. The Morgan fingerprint density at radius 1 is 0.824 bits per heavy atom. The number of thiazole rings is 1. The molecule has 0 unspecified atom stereocenters. The first-order valence-corrected chi connectivity index (χ1v) is 8.10. The molecule has 0 N–H and O–H groups in total. The summed E-state index contributed by atoms with van der Waals surface area (Å²) in [5.41, 5.74) is 1.41. The van der Waals surface area contributed by atoms with E-state index in [0.29, 0.717) is 0 Å². The Bertz CT molecular complexity index is 278. The second-order valence-electron chi connectivity index (χ2n) is 4.79. The molecule has 0 aliphatic heterocycles. The fourth-order valence-corrected chi connectivity index (χ4v) is 3.14. The highest BCUT2D eigenvalue weighted by atomic mass is 32.1. The predicted octanol–water partition coefficient (Wildman–Crippen LogP) is 5.17. The molecular formula is C15H27NS. The first kappa shape index (κ1) is 14.7. The third-order valence-corrected chi connectivity index (χ3v) is 4.31. The van der Waals surface area contributed by atoms with Crippen LogP contribution in [0.3, 0.4) is 0 Å². The van der Waals surface area contributed by atoms with Crippen molar-refractivity contribution in [1.29, 1.82) is 0 Å². The van der Waals surface area contributed by atoms with Crippen LogP contribution in [0.1, 0.15) is 74.9 Å². The summed E-state index contributed by atoms with van der Waals surface area (Å²) in [6.07, 6.45) is 11.3. The molecule has 2 heteroatoms. The number of unbranched alkanes of at least 4 members (excludes halogenated alkanes) is 3. The van der Waals surface area contributed by atoms with Crippen LogP contribution >= 0.6 is 11.3 Å². The van der Waals surface area contributed by atoms with Gasteiger partial charge in [-0.25, -0.2) is 4.98 Å². The van der Waals surface area contributed by atoms with E-state index in [1.165, 1.54) is 68.5 Å². The first-order chi connectivity index (χ1) is 8.31. The molecule has 0 spiro atoms. The lowest BCUT2D eigenvalue weighted by Gasteiger charge is -1.99. The molecule has 98 valence electrons. The van der Waals surface area contributed by atoms with Gasteiger partial charge < -0.3 is 0 Å². The van der Waals surface area contributed by atoms with Crippen molar-refractivity contribution in [1.82, 2.24) is 4.98 Å². The average Bonchev–Trinajstić information content (AvgIpc) is 2.73. The van der Waals surface area contributed by atoms with Crippen molar-refractivity contribution in [3.63, 3.8) is 0 Å². The van der Waals surface area contributed by atoms with E-state index in [-0.39, 0.29) is 0 Å². The zero-order valence-corrected chi connectivity index (χ0v) is 12.5. The summed E-state index contributed by atoms with van der Waals surface area (Å²) >= 11 is 1.98. The summed E-state index contributed by atoms with van der Waals surface area (Å²) < 4.78 is 0. The molecule has 0 fully saturated rings. The summed E-state index contributed by atoms with van der Waals surface area (Å²) in [5.74, 6) is 0. The van der Waals surface area contributed by atoms with Crippen molar-refractivity contribution in [3.05, 3.63) is 15.6 Å². The molecular weight excluding hydrogens is 226 g/mol. The lowest BCUT2D eigenvalue weighted by Crippen LogP contribution is -1.92. The molecule has 1 aromatic rings. The normalized spacial score (nSPS) is 11.0. The van der Waals surface area contributed by atoms with Crippen molar-refractivity contribution in [2.24, 2.45) is 0 Å². The van der Waals surface area contributed by atoms with E-state index in [9.17, 15) is 0 Å². The second-order valence-corrected chi connectivity index (χ2v) is 5.96. The molecule has 0 radical (unpaired) electrons. The van der Waals surface area contributed by atoms with Gasteiger partial charge in [-0.2, -0.15) is 0 Å². The average molecular weight is 253 g/mol. The largest absolute Gasteiger partial charge is 0.246 e. The van der Waals surface area contributed by atoms with Gasteiger partial charge in [0.1, 0.15) is 0 Å². The third-order valence-electron chi connectivity index (χ3n) is 3.09. The molecule has 0 bridgehead atoms. The van der Waals surface area contributed by atoms with E-state index in [2.05, 4.69) is 20.8 Å². The van der Waals surface area contributed by atoms with Crippen LogP contribution in [-0.4, -0.2) is 4.98 Å². The van der Waals surface area contributed by atoms with E-state index < -0.39 is 0 Å². The van der Waals surface area contributed by atoms with Crippen LogP contribution in [-0.2, 0) is 19.3 Å². The van der Waals surface area contributed by atoms with Gasteiger partial charge >= 0.3 is 0 Å². The molecule has 0 atom stereocenters. The Morgan fingerprint density at radius 2 is 1.41 bits per heavy atom. The predicted molar refractivity (Wildman–Crippen MR) is 78.0 cm³/mol. The van der Waals surface area contributed by atoms with E-state index in [1.54, 1.807) is 4.88 Å². The van der Waals surface area contributed by atoms with Crippen LogP contribution < -0.4 is 0 Å². The highest BCUT2D eigenvalue weighted by molar-refractivity contribution is 7.11. The Kier molecular flexibility index (Phi) is 7.50. The van der Waals surface area contributed by atoms with E-state index >= 15 is 0 Å². The summed E-state index contributed by atoms with van der Waals surface area (Å²) in [6.45, 7) is 6.78. The van der Waals surface area contributed by atoms with E-state index in [0.717, 1.165) is 0 Å². The van der Waals surface area contributed by atoms with Crippen molar-refractivity contribution in [2.45, 2.75) is 78.6 Å². The van der Waals surface area contributed by atoms with Gasteiger partial charge in [0.05, 0.1) is 10.7 Å². The summed E-state index contributed by atoms with van der Waals surface area (Å²) in [6, 6.07) is 0. The van der Waals surface area contributed by atoms with Gasteiger partial charge in [0.25, 0.3) is 0 Å². The lowest BCUT2D eigenvalue weighted by atomic mass is 10.1. The molecule has 17 heavy (non-hydrogen) atoms. The Labute approximate surface area is 111 Å². The molecule has 0 amide bonds. The number of aromatic nitrogens is 1. The summed E-state index contributed by atoms with van der Waals surface area (Å²) in [5, 5.41) is 1.38. The standard InChI is InChI=1S/C15H27NS/c1-4-7-10-13-14(11-8-5-2)17-15(16-13)12-9-6-3/h4-12H2,1-3H3. The number of rotatable bonds is 9. The van der Waals surface area contributed by atoms with Gasteiger partial charge in [-0.3, -0.25) is 0 Å². The Hall–Kier alpha value is -0.370. The maximum atomic E-state index is 4.86. The van der Waals surface area contributed by atoms with Crippen molar-refractivity contribution in [2.75, 3.05) is 0 Å². The SMILES string of the molecule is CCCCc1nc(CCCC)c(CCCC)s1. The van der Waals surface area contributed by atoms with Gasteiger partial charge in [-0.15, -0.1) is 11.3 Å². The van der Waals surface area contributed by atoms with Gasteiger partial charge in [0, 0.05) is 4.88 Å². The molecule has 0 aliphatic carbocycles. The van der Waals surface area contributed by atoms with Crippen molar-refractivity contribution < 1.29 is 0 Å². The van der Waals surface area contributed by atoms with E-state index in [1.807, 2.05) is 11.3 Å². The van der Waals surface area contributed by atoms with Gasteiger partial charge in [0.15, 0.2) is 0 Å². The fraction of sp³-hybridized carbons (Fsp3) is 0.800. The highest BCUT2D eigenvalue weighted by Gasteiger charge is 2.10. The molecule has 0 saturated carbocycles. The lowest BCUT2D eigenvalue weighted by molar-refractivity contribution is 0.744. The number of hydrogen-bond donors (Lipinski definition) is 0. The van der Waals surface area contributed by atoms with Gasteiger partial charge in [-0.1, -0.05) is 40.0 Å². The first-order valence-electron chi connectivity index (χ1n) is 7.29. The molecule has 0 aromatic carbocycles. The summed E-state index contributed by atoms with van der Waals surface area (Å²) in [4.78, 5) is 6.43.